The van der Waals surface area contributed by atoms with Gasteiger partial charge in [-0.3, -0.25) is 9.10 Å². The molecule has 0 spiro atoms. The van der Waals surface area contributed by atoms with Crippen molar-refractivity contribution in [1.82, 2.24) is 0 Å². The number of carbonyl (C=O) groups excluding carboxylic acids is 1. The molecule has 0 fully saturated rings. The van der Waals surface area contributed by atoms with E-state index >= 15 is 0 Å². The molecular formula is C17H18ClNO4S. The van der Waals surface area contributed by atoms with Gasteiger partial charge in [-0.25, -0.2) is 8.42 Å². The molecule has 2 rings (SSSR count). The Morgan fingerprint density at radius 1 is 1.17 bits per heavy atom. The number of methoxy groups -OCH3 is 1. The summed E-state index contributed by atoms with van der Waals surface area (Å²) in [5.74, 6) is 0.522. The predicted octanol–water partition coefficient (Wildman–Crippen LogP) is 3.35. The average Bonchev–Trinajstić information content (AvgIpc) is 2.55. The maximum Gasteiger partial charge on any atom is 0.264 e. The van der Waals surface area contributed by atoms with Crippen LogP contribution >= 0.6 is 11.6 Å². The summed E-state index contributed by atoms with van der Waals surface area (Å²) in [6, 6.07) is 13.2. The zero-order valence-electron chi connectivity index (χ0n) is 13.4. The number of sulfonamides is 1. The van der Waals surface area contributed by atoms with Crippen molar-refractivity contribution in [3.8, 4) is 5.75 Å². The third kappa shape index (κ3) is 4.27. The van der Waals surface area contributed by atoms with E-state index in [0.29, 0.717) is 11.4 Å². The van der Waals surface area contributed by atoms with E-state index in [1.54, 1.807) is 48.5 Å². The van der Waals surface area contributed by atoms with Crippen molar-refractivity contribution in [2.45, 2.75) is 18.2 Å². The van der Waals surface area contributed by atoms with Crippen LogP contribution in [0.5, 0.6) is 5.75 Å². The van der Waals surface area contributed by atoms with Gasteiger partial charge in [-0.1, -0.05) is 23.8 Å². The molecule has 0 amide bonds. The first-order valence-electron chi connectivity index (χ1n) is 7.26. The molecule has 0 saturated heterocycles. The molecule has 2 aromatic carbocycles. The number of carbonyl (C=O) groups is 1. The summed E-state index contributed by atoms with van der Waals surface area (Å²) in [5.41, 5.74) is 1.37. The molecule has 0 aromatic heterocycles. The van der Waals surface area contributed by atoms with Crippen LogP contribution in [0.25, 0.3) is 0 Å². The number of rotatable bonds is 7. The van der Waals surface area contributed by atoms with Crippen LogP contribution in [0.4, 0.5) is 5.69 Å². The fourth-order valence-corrected chi connectivity index (χ4v) is 3.72. The molecule has 0 atom stereocenters. The lowest BCUT2D eigenvalue weighted by Gasteiger charge is -2.24. The highest BCUT2D eigenvalue weighted by molar-refractivity contribution is 7.92. The van der Waals surface area contributed by atoms with Gasteiger partial charge < -0.3 is 4.74 Å². The lowest BCUT2D eigenvalue weighted by Crippen LogP contribution is -2.32. The second kappa shape index (κ2) is 7.68. The first-order valence-corrected chi connectivity index (χ1v) is 9.08. The smallest absolute Gasteiger partial charge is 0.264 e. The van der Waals surface area contributed by atoms with Crippen molar-refractivity contribution in [3.05, 3.63) is 54.1 Å². The summed E-state index contributed by atoms with van der Waals surface area (Å²) in [4.78, 5) is 11.3. The van der Waals surface area contributed by atoms with Gasteiger partial charge in [0, 0.05) is 19.0 Å². The van der Waals surface area contributed by atoms with Crippen molar-refractivity contribution in [2.75, 3.05) is 18.0 Å². The van der Waals surface area contributed by atoms with Gasteiger partial charge in [0.15, 0.2) is 0 Å². The molecule has 0 saturated carbocycles. The fraction of sp³-hybridized carbons (Fsp3) is 0.235. The molecule has 24 heavy (non-hydrogen) atoms. The maximum absolute atomic E-state index is 13.0. The molecule has 0 aliphatic heterocycles. The second-order valence-corrected chi connectivity index (χ2v) is 7.48. The lowest BCUT2D eigenvalue weighted by molar-refractivity contribution is -0.111. The first kappa shape index (κ1) is 18.3. The van der Waals surface area contributed by atoms with Crippen molar-refractivity contribution in [1.29, 1.82) is 0 Å². The average molecular weight is 368 g/mol. The van der Waals surface area contributed by atoms with E-state index in [9.17, 15) is 13.2 Å². The Kier molecular flexibility index (Phi) is 5.85. The summed E-state index contributed by atoms with van der Waals surface area (Å²) in [6.07, 6.45) is -0.0934. The molecule has 128 valence electrons. The summed E-state index contributed by atoms with van der Waals surface area (Å²) in [6.45, 7) is 1.83. The van der Waals surface area contributed by atoms with Gasteiger partial charge in [-0.05, 0) is 42.8 Å². The van der Waals surface area contributed by atoms with Crippen LogP contribution in [0.15, 0.2) is 53.4 Å². The largest absolute Gasteiger partial charge is 0.497 e. The lowest BCUT2D eigenvalue weighted by atomic mass is 10.2. The van der Waals surface area contributed by atoms with E-state index in [0.717, 1.165) is 5.56 Å². The molecule has 7 heteroatoms. The van der Waals surface area contributed by atoms with Gasteiger partial charge in [0.2, 0.25) is 5.24 Å². The van der Waals surface area contributed by atoms with Crippen molar-refractivity contribution < 1.29 is 17.9 Å². The van der Waals surface area contributed by atoms with E-state index in [1.807, 2.05) is 6.92 Å². The number of hydrogen-bond acceptors (Lipinski definition) is 4. The Morgan fingerprint density at radius 3 is 2.42 bits per heavy atom. The molecule has 0 bridgehead atoms. The normalized spacial score (nSPS) is 11.1. The molecule has 0 N–H and O–H groups in total. The van der Waals surface area contributed by atoms with Crippen LogP contribution in [0.3, 0.4) is 0 Å². The predicted molar refractivity (Wildman–Crippen MR) is 94.2 cm³/mol. The number of hydrogen-bond donors (Lipinski definition) is 0. The molecule has 5 nitrogen and oxygen atoms in total. The van der Waals surface area contributed by atoms with E-state index < -0.39 is 15.3 Å². The van der Waals surface area contributed by atoms with Gasteiger partial charge in [0.25, 0.3) is 10.0 Å². The number of aryl methyl sites for hydroxylation is 1. The molecule has 2 aromatic rings. The highest BCUT2D eigenvalue weighted by Gasteiger charge is 2.25. The highest BCUT2D eigenvalue weighted by Crippen LogP contribution is 2.27. The van der Waals surface area contributed by atoms with Gasteiger partial charge >= 0.3 is 0 Å². The van der Waals surface area contributed by atoms with E-state index in [4.69, 9.17) is 16.3 Å². The topological polar surface area (TPSA) is 63.7 Å². The molecule has 0 heterocycles. The molecule has 0 aliphatic rings. The minimum Gasteiger partial charge on any atom is -0.497 e. The van der Waals surface area contributed by atoms with Crippen LogP contribution in [-0.4, -0.2) is 27.3 Å². The minimum absolute atomic E-state index is 0.0499. The Balaban J connectivity index is 2.48. The Morgan fingerprint density at radius 2 is 1.83 bits per heavy atom. The van der Waals surface area contributed by atoms with E-state index in [-0.39, 0.29) is 17.9 Å². The van der Waals surface area contributed by atoms with Gasteiger partial charge in [0.05, 0.1) is 17.7 Å². The number of ether oxygens (including phenoxy) is 1. The van der Waals surface area contributed by atoms with Crippen LogP contribution in [-0.2, 0) is 14.8 Å². The summed E-state index contributed by atoms with van der Waals surface area (Å²) in [7, 11) is -2.32. The third-order valence-electron chi connectivity index (χ3n) is 3.46. The Labute approximate surface area is 146 Å². The Bertz CT molecular complexity index is 819. The number of nitrogens with zero attached hydrogens (tertiary/aromatic N) is 1. The maximum atomic E-state index is 13.0. The summed E-state index contributed by atoms with van der Waals surface area (Å²) < 4.78 is 32.3. The first-order chi connectivity index (χ1) is 11.3. The van der Waals surface area contributed by atoms with Crippen molar-refractivity contribution in [2.24, 2.45) is 0 Å². The Hall–Kier alpha value is -2.05. The second-order valence-electron chi connectivity index (χ2n) is 5.20. The van der Waals surface area contributed by atoms with Crippen LogP contribution in [0, 0.1) is 6.92 Å². The molecule has 0 aliphatic carbocycles. The monoisotopic (exact) mass is 367 g/mol. The van der Waals surface area contributed by atoms with Gasteiger partial charge in [-0.15, -0.1) is 0 Å². The fourth-order valence-electron chi connectivity index (χ4n) is 2.18. The molecule has 0 unspecified atom stereocenters. The van der Waals surface area contributed by atoms with Crippen LogP contribution in [0.1, 0.15) is 12.0 Å². The zero-order valence-corrected chi connectivity index (χ0v) is 15.0. The van der Waals surface area contributed by atoms with E-state index in [2.05, 4.69) is 0 Å². The summed E-state index contributed by atoms with van der Waals surface area (Å²) >= 11 is 5.40. The molecular weight excluding hydrogens is 350 g/mol. The standard InChI is InChI=1S/C17H18ClNO4S/c1-13-6-8-16(9-7-13)24(21,22)19(11-10-17(18)20)14-4-3-5-15(12-14)23-2/h3-9,12H,10-11H2,1-2H3. The number of benzene rings is 2. The summed E-state index contributed by atoms with van der Waals surface area (Å²) in [5, 5.41) is -0.595. The SMILES string of the molecule is COc1cccc(N(CCC(=O)Cl)S(=O)(=O)c2ccc(C)cc2)c1. The zero-order chi connectivity index (χ0) is 17.7. The van der Waals surface area contributed by atoms with Gasteiger partial charge in [0.1, 0.15) is 5.75 Å². The van der Waals surface area contributed by atoms with E-state index in [1.165, 1.54) is 11.4 Å². The van der Waals surface area contributed by atoms with Crippen LogP contribution < -0.4 is 9.04 Å². The third-order valence-corrected chi connectivity index (χ3v) is 5.49. The number of halogens is 1. The van der Waals surface area contributed by atoms with Crippen molar-refractivity contribution >= 4 is 32.6 Å². The quantitative estimate of drug-likeness (QED) is 0.704. The van der Waals surface area contributed by atoms with Crippen molar-refractivity contribution in [3.63, 3.8) is 0 Å². The number of anilines is 1. The molecule has 0 radical (unpaired) electrons. The van der Waals surface area contributed by atoms with Gasteiger partial charge in [-0.2, -0.15) is 0 Å². The highest BCUT2D eigenvalue weighted by atomic mass is 35.5. The van der Waals surface area contributed by atoms with Crippen LogP contribution in [0.2, 0.25) is 0 Å². The minimum atomic E-state index is -3.82.